The molecule has 0 spiro atoms. The third-order valence-corrected chi connectivity index (χ3v) is 6.88. The monoisotopic (exact) mass is 529 g/mol. The molecular formula is C24H21BrClN3O2S. The molecule has 1 unspecified atom stereocenters. The minimum absolute atomic E-state index is 0.259. The van der Waals surface area contributed by atoms with Gasteiger partial charge < -0.3 is 5.32 Å². The summed E-state index contributed by atoms with van der Waals surface area (Å²) in [7, 11) is 0. The van der Waals surface area contributed by atoms with Crippen LogP contribution in [0.15, 0.2) is 82.2 Å². The van der Waals surface area contributed by atoms with Crippen LogP contribution in [0.1, 0.15) is 5.56 Å². The average Bonchev–Trinajstić information content (AvgIpc) is 3.12. The van der Waals surface area contributed by atoms with Crippen LogP contribution in [0, 0.1) is 5.92 Å². The maximum Gasteiger partial charge on any atom is 0.255 e. The van der Waals surface area contributed by atoms with Gasteiger partial charge in [-0.05, 0) is 66.4 Å². The molecule has 0 aliphatic carbocycles. The molecular weight excluding hydrogens is 510 g/mol. The summed E-state index contributed by atoms with van der Waals surface area (Å²) in [5.41, 5.74) is 2.25. The van der Waals surface area contributed by atoms with Gasteiger partial charge >= 0.3 is 0 Å². The first-order valence-corrected chi connectivity index (χ1v) is 12.4. The predicted molar refractivity (Wildman–Crippen MR) is 134 cm³/mol. The Bertz CT molecular complexity index is 1120. The van der Waals surface area contributed by atoms with Gasteiger partial charge in [0, 0.05) is 33.2 Å². The Hall–Kier alpha value is -2.32. The van der Waals surface area contributed by atoms with Gasteiger partial charge in [-0.1, -0.05) is 45.7 Å². The molecule has 8 heteroatoms. The normalized spacial score (nSPS) is 16.4. The van der Waals surface area contributed by atoms with Crippen LogP contribution in [0.3, 0.4) is 0 Å². The van der Waals surface area contributed by atoms with Crippen molar-refractivity contribution in [1.29, 1.82) is 0 Å². The molecule has 4 rings (SSSR count). The maximum atomic E-state index is 13.4. The summed E-state index contributed by atoms with van der Waals surface area (Å²) in [6.07, 6.45) is 2.00. The molecule has 164 valence electrons. The van der Waals surface area contributed by atoms with Crippen LogP contribution in [-0.2, 0) is 16.1 Å². The highest BCUT2D eigenvalue weighted by molar-refractivity contribution is 9.10. The van der Waals surface area contributed by atoms with Crippen molar-refractivity contribution >= 4 is 62.5 Å². The first kappa shape index (κ1) is 22.9. The number of rotatable bonds is 6. The summed E-state index contributed by atoms with van der Waals surface area (Å²) in [6.45, 7) is 0.669. The van der Waals surface area contributed by atoms with Crippen molar-refractivity contribution in [2.24, 2.45) is 5.92 Å². The number of hydrogen-bond acceptors (Lipinski definition) is 4. The van der Waals surface area contributed by atoms with E-state index in [0.717, 1.165) is 14.9 Å². The Morgan fingerprint density at radius 2 is 1.78 bits per heavy atom. The number of carbonyl (C=O) groups is 2. The number of nitrogens with one attached hydrogen (secondary N) is 1. The second-order valence-corrected chi connectivity index (χ2v) is 9.54. The van der Waals surface area contributed by atoms with E-state index in [4.69, 9.17) is 11.6 Å². The summed E-state index contributed by atoms with van der Waals surface area (Å²) in [4.78, 5) is 27.5. The number of nitrogens with zero attached hydrogens (tertiary/aromatic N) is 2. The number of halogens is 2. The molecule has 1 N–H and O–H groups in total. The molecule has 1 fully saturated rings. The Morgan fingerprint density at radius 3 is 2.44 bits per heavy atom. The molecule has 0 bridgehead atoms. The van der Waals surface area contributed by atoms with Crippen molar-refractivity contribution in [2.45, 2.75) is 11.4 Å². The van der Waals surface area contributed by atoms with Crippen molar-refractivity contribution in [2.75, 3.05) is 23.1 Å². The van der Waals surface area contributed by atoms with Crippen molar-refractivity contribution in [3.8, 4) is 0 Å². The van der Waals surface area contributed by atoms with E-state index < -0.39 is 5.92 Å². The highest BCUT2D eigenvalue weighted by atomic mass is 79.9. The summed E-state index contributed by atoms with van der Waals surface area (Å²) in [6, 6.07) is 22.5. The van der Waals surface area contributed by atoms with Crippen LogP contribution in [-0.4, -0.2) is 29.6 Å². The minimum atomic E-state index is -0.832. The zero-order chi connectivity index (χ0) is 22.7. The molecule has 32 heavy (non-hydrogen) atoms. The predicted octanol–water partition coefficient (Wildman–Crippen LogP) is 5.84. The average molecular weight is 531 g/mol. The molecule has 3 aromatic carbocycles. The van der Waals surface area contributed by atoms with Crippen LogP contribution in [0.25, 0.3) is 0 Å². The number of carbonyl (C=O) groups excluding carboxylic acids is 2. The maximum absolute atomic E-state index is 13.4. The van der Waals surface area contributed by atoms with E-state index in [9.17, 15) is 9.59 Å². The Labute approximate surface area is 204 Å². The largest absolute Gasteiger partial charge is 0.325 e. The van der Waals surface area contributed by atoms with Crippen LogP contribution in [0.5, 0.6) is 0 Å². The fourth-order valence-electron chi connectivity index (χ4n) is 3.59. The molecule has 0 saturated carbocycles. The van der Waals surface area contributed by atoms with E-state index in [1.54, 1.807) is 16.8 Å². The van der Waals surface area contributed by atoms with Gasteiger partial charge in [0.05, 0.1) is 5.69 Å². The molecule has 3 aromatic rings. The number of amides is 2. The standard InChI is InChI=1S/C24H21BrClN3O2S/c1-32-20-12-8-18(9-13-20)27-23(30)21-15-28(14-16-4-2-3-5-22(16)26)29(24(21)31)19-10-6-17(25)7-11-19/h2-13,21H,14-15H2,1H3,(H,27,30). The minimum Gasteiger partial charge on any atom is -0.325 e. The molecule has 1 heterocycles. The molecule has 0 radical (unpaired) electrons. The Balaban J connectivity index is 1.59. The van der Waals surface area contributed by atoms with E-state index in [1.807, 2.05) is 84.1 Å². The number of anilines is 2. The SMILES string of the molecule is CSc1ccc(NC(=O)C2CN(Cc3ccccc3Cl)N(c3ccc(Br)cc3)C2=O)cc1. The van der Waals surface area contributed by atoms with Gasteiger partial charge in [-0.3, -0.25) is 9.59 Å². The summed E-state index contributed by atoms with van der Waals surface area (Å²) in [5, 5.41) is 6.96. The smallest absolute Gasteiger partial charge is 0.255 e. The highest BCUT2D eigenvalue weighted by Crippen LogP contribution is 2.31. The number of hydrazine groups is 1. The van der Waals surface area contributed by atoms with E-state index in [-0.39, 0.29) is 18.4 Å². The lowest BCUT2D eigenvalue weighted by Crippen LogP contribution is -2.39. The highest BCUT2D eigenvalue weighted by Gasteiger charge is 2.43. The van der Waals surface area contributed by atoms with Crippen molar-refractivity contribution < 1.29 is 9.59 Å². The van der Waals surface area contributed by atoms with Crippen LogP contribution >= 0.6 is 39.3 Å². The van der Waals surface area contributed by atoms with Gasteiger partial charge in [-0.15, -0.1) is 11.8 Å². The second kappa shape index (κ2) is 10.1. The third-order valence-electron chi connectivity index (χ3n) is 5.24. The van der Waals surface area contributed by atoms with E-state index in [2.05, 4.69) is 21.2 Å². The lowest BCUT2D eigenvalue weighted by Gasteiger charge is -2.28. The quantitative estimate of drug-likeness (QED) is 0.321. The Kier molecular flexibility index (Phi) is 7.20. The van der Waals surface area contributed by atoms with Gasteiger partial charge in [0.25, 0.3) is 5.91 Å². The van der Waals surface area contributed by atoms with Crippen molar-refractivity contribution in [1.82, 2.24) is 5.01 Å². The Morgan fingerprint density at radius 1 is 1.09 bits per heavy atom. The first-order valence-electron chi connectivity index (χ1n) is 9.99. The molecule has 5 nitrogen and oxygen atoms in total. The molecule has 1 saturated heterocycles. The van der Waals surface area contributed by atoms with Crippen LogP contribution in [0.2, 0.25) is 5.02 Å². The first-order chi connectivity index (χ1) is 15.5. The zero-order valence-corrected chi connectivity index (χ0v) is 20.5. The van der Waals surface area contributed by atoms with Crippen LogP contribution in [0.4, 0.5) is 11.4 Å². The lowest BCUT2D eigenvalue weighted by molar-refractivity contribution is -0.128. The topological polar surface area (TPSA) is 52.7 Å². The molecule has 1 atom stereocenters. The lowest BCUT2D eigenvalue weighted by atomic mass is 10.1. The number of thioether (sulfide) groups is 1. The van der Waals surface area contributed by atoms with Gasteiger partial charge in [0.15, 0.2) is 0 Å². The van der Waals surface area contributed by atoms with Crippen molar-refractivity contribution in [3.05, 3.63) is 87.9 Å². The fraction of sp³-hybridized carbons (Fsp3) is 0.167. The van der Waals surface area contributed by atoms with Gasteiger partial charge in [-0.25, -0.2) is 10.0 Å². The van der Waals surface area contributed by atoms with Crippen molar-refractivity contribution in [3.63, 3.8) is 0 Å². The van der Waals surface area contributed by atoms with Gasteiger partial charge in [0.1, 0.15) is 5.92 Å². The van der Waals surface area contributed by atoms with Gasteiger partial charge in [-0.2, -0.15) is 0 Å². The van der Waals surface area contributed by atoms with Crippen LogP contribution < -0.4 is 10.3 Å². The van der Waals surface area contributed by atoms with E-state index in [1.165, 1.54) is 0 Å². The van der Waals surface area contributed by atoms with E-state index >= 15 is 0 Å². The molecule has 1 aliphatic rings. The summed E-state index contributed by atoms with van der Waals surface area (Å²) < 4.78 is 0.911. The second-order valence-electron chi connectivity index (χ2n) is 7.34. The number of hydrogen-bond donors (Lipinski definition) is 1. The molecule has 0 aromatic heterocycles. The summed E-state index contributed by atoms with van der Waals surface area (Å²) in [5.74, 6) is -1.42. The van der Waals surface area contributed by atoms with E-state index in [0.29, 0.717) is 22.9 Å². The van der Waals surface area contributed by atoms with Gasteiger partial charge in [0.2, 0.25) is 5.91 Å². The third kappa shape index (κ3) is 5.02. The summed E-state index contributed by atoms with van der Waals surface area (Å²) >= 11 is 11.4. The zero-order valence-electron chi connectivity index (χ0n) is 17.3. The number of benzene rings is 3. The molecule has 2 amide bonds. The molecule has 1 aliphatic heterocycles. The fourth-order valence-corrected chi connectivity index (χ4v) is 4.46.